The normalized spacial score (nSPS) is 24.5. The lowest BCUT2D eigenvalue weighted by molar-refractivity contribution is -0.166. The van der Waals surface area contributed by atoms with Gasteiger partial charge in [0.05, 0.1) is 12.9 Å². The van der Waals surface area contributed by atoms with Crippen molar-refractivity contribution in [1.82, 2.24) is 19.5 Å². The van der Waals surface area contributed by atoms with Crippen molar-refractivity contribution in [3.63, 3.8) is 0 Å². The summed E-state index contributed by atoms with van der Waals surface area (Å²) in [7, 11) is -5.09. The number of esters is 1. The Morgan fingerprint density at radius 2 is 2.03 bits per heavy atom. The lowest BCUT2D eigenvalue weighted by Crippen LogP contribution is -2.38. The van der Waals surface area contributed by atoms with Crippen LogP contribution in [-0.2, 0) is 23.6 Å². The molecule has 33 heavy (non-hydrogen) atoms. The molecule has 0 radical (unpaired) electrons. The van der Waals surface area contributed by atoms with Crippen LogP contribution >= 0.6 is 7.60 Å². The maximum Gasteiger partial charge on any atom is 0.365 e. The van der Waals surface area contributed by atoms with Gasteiger partial charge in [0.1, 0.15) is 35.5 Å². The molecule has 0 aliphatic carbocycles. The monoisotopic (exact) mass is 486 g/mol. The fraction of sp³-hybridized carbons (Fsp3) is 0.588. The summed E-state index contributed by atoms with van der Waals surface area (Å²) < 4.78 is 28.6. The molecular weight excluding hydrogens is 463 g/mol. The van der Waals surface area contributed by atoms with E-state index in [0.29, 0.717) is 0 Å². The number of rotatable bonds is 6. The van der Waals surface area contributed by atoms with Crippen molar-refractivity contribution in [2.45, 2.75) is 56.8 Å². The minimum atomic E-state index is -5.09. The molecule has 0 amide bonds. The molecule has 0 aromatic carbocycles. The molecule has 2 aromatic heterocycles. The molecule has 0 bridgehead atoms. The highest BCUT2D eigenvalue weighted by Crippen LogP contribution is 2.43. The SMILES string of the molecule is CC(C)(C)OC(=O)C(OC[C@H]1O[C@@H](n2cnc3c(N)nc(C#N)nc32)[C@H](O)[C@H]1O)P(=O)(O)O. The number of aliphatic hydroxyl groups excluding tert-OH is 2. The Labute approximate surface area is 186 Å². The molecule has 6 N–H and O–H groups in total. The summed E-state index contributed by atoms with van der Waals surface area (Å²) in [5.41, 5.74) is 4.91. The molecule has 16 heteroatoms. The van der Waals surface area contributed by atoms with E-state index in [1.165, 1.54) is 31.7 Å². The van der Waals surface area contributed by atoms with E-state index in [4.69, 9.17) is 25.2 Å². The van der Waals surface area contributed by atoms with Crippen LogP contribution in [0.25, 0.3) is 11.2 Å². The van der Waals surface area contributed by atoms with Gasteiger partial charge in [-0.2, -0.15) is 15.2 Å². The van der Waals surface area contributed by atoms with E-state index in [1.54, 1.807) is 6.07 Å². The largest absolute Gasteiger partial charge is 0.458 e. The van der Waals surface area contributed by atoms with Gasteiger partial charge in [0.25, 0.3) is 5.85 Å². The number of carbonyl (C=O) groups excluding carboxylic acids is 1. The Bertz CT molecular complexity index is 1140. The van der Waals surface area contributed by atoms with Gasteiger partial charge in [-0.05, 0) is 20.8 Å². The second-order valence-electron chi connectivity index (χ2n) is 8.22. The van der Waals surface area contributed by atoms with Crippen molar-refractivity contribution in [2.75, 3.05) is 12.3 Å². The van der Waals surface area contributed by atoms with Gasteiger partial charge in [0.15, 0.2) is 17.7 Å². The molecular formula is C17H23N6O9P. The number of fused-ring (bicyclic) bond motifs is 1. The van der Waals surface area contributed by atoms with E-state index in [2.05, 4.69) is 15.0 Å². The Hall–Kier alpha value is -2.70. The first-order valence-corrected chi connectivity index (χ1v) is 11.2. The molecule has 0 saturated carbocycles. The highest BCUT2D eigenvalue weighted by molar-refractivity contribution is 7.53. The van der Waals surface area contributed by atoms with Crippen molar-refractivity contribution < 1.29 is 43.6 Å². The lowest BCUT2D eigenvalue weighted by atomic mass is 10.1. The van der Waals surface area contributed by atoms with Gasteiger partial charge in [0.2, 0.25) is 5.82 Å². The number of carbonyl (C=O) groups is 1. The van der Waals surface area contributed by atoms with Gasteiger partial charge in [0, 0.05) is 0 Å². The number of hydrogen-bond donors (Lipinski definition) is 5. The molecule has 0 spiro atoms. The Morgan fingerprint density at radius 3 is 2.61 bits per heavy atom. The molecule has 3 rings (SSSR count). The van der Waals surface area contributed by atoms with Gasteiger partial charge in [-0.1, -0.05) is 0 Å². The van der Waals surface area contributed by atoms with Crippen molar-refractivity contribution >= 4 is 30.5 Å². The minimum absolute atomic E-state index is 0.0544. The third-order valence-electron chi connectivity index (χ3n) is 4.49. The van der Waals surface area contributed by atoms with E-state index < -0.39 is 56.2 Å². The van der Waals surface area contributed by atoms with Crippen LogP contribution in [-0.4, -0.2) is 81.9 Å². The summed E-state index contributed by atoms with van der Waals surface area (Å²) in [6.45, 7) is 3.86. The first-order valence-electron chi connectivity index (χ1n) is 9.54. The molecule has 5 atom stereocenters. The van der Waals surface area contributed by atoms with Crippen molar-refractivity contribution in [3.05, 3.63) is 12.2 Å². The zero-order valence-corrected chi connectivity index (χ0v) is 18.7. The number of ether oxygens (including phenoxy) is 3. The summed E-state index contributed by atoms with van der Waals surface area (Å²) in [6.07, 6.45) is -4.48. The van der Waals surface area contributed by atoms with Crippen molar-refractivity contribution in [2.24, 2.45) is 0 Å². The molecule has 2 aromatic rings. The standard InChI is InChI=1S/C17H23N6O9P/c1-17(2,3)32-15(26)16(33(27,28)29)30-5-7-10(24)11(25)14(31-7)23-6-20-9-12(19)21-8(4-18)22-13(9)23/h6-7,10-11,14,16,24-25H,5H2,1-3H3,(H2,19,21,22)(H2,27,28,29)/t7-,10+,11-,14-,16?/m1/s1. The second kappa shape index (κ2) is 8.92. The van der Waals surface area contributed by atoms with Crippen LogP contribution in [0, 0.1) is 11.3 Å². The van der Waals surface area contributed by atoms with Crippen molar-refractivity contribution in [3.8, 4) is 6.07 Å². The predicted octanol–water partition coefficient (Wildman–Crippen LogP) is -1.24. The lowest BCUT2D eigenvalue weighted by Gasteiger charge is -2.25. The number of nitrogen functional groups attached to an aromatic ring is 1. The van der Waals surface area contributed by atoms with Crippen LogP contribution in [0.5, 0.6) is 0 Å². The molecule has 1 saturated heterocycles. The summed E-state index contributed by atoms with van der Waals surface area (Å²) >= 11 is 0. The van der Waals surface area contributed by atoms with Gasteiger partial charge >= 0.3 is 13.6 Å². The molecule has 1 fully saturated rings. The van der Waals surface area contributed by atoms with E-state index in [9.17, 15) is 29.4 Å². The van der Waals surface area contributed by atoms with Crippen LogP contribution in [0.15, 0.2) is 6.33 Å². The van der Waals surface area contributed by atoms with E-state index >= 15 is 0 Å². The summed E-state index contributed by atoms with van der Waals surface area (Å²) in [4.78, 5) is 43.0. The van der Waals surface area contributed by atoms with Crippen molar-refractivity contribution in [1.29, 1.82) is 5.26 Å². The smallest absolute Gasteiger partial charge is 0.365 e. The number of anilines is 1. The number of hydrogen-bond acceptors (Lipinski definition) is 12. The summed E-state index contributed by atoms with van der Waals surface area (Å²) in [6, 6.07) is 1.74. The second-order valence-corrected chi connectivity index (χ2v) is 9.87. The zero-order chi connectivity index (χ0) is 24.7. The van der Waals surface area contributed by atoms with Gasteiger partial charge in [-0.25, -0.2) is 9.78 Å². The average Bonchev–Trinajstić information content (AvgIpc) is 3.22. The number of nitrogens with two attached hydrogens (primary N) is 1. The third-order valence-corrected chi connectivity index (χ3v) is 5.46. The van der Waals surface area contributed by atoms with Gasteiger partial charge in [-0.3, -0.25) is 9.13 Å². The van der Waals surface area contributed by atoms with Crippen LogP contribution in [0.3, 0.4) is 0 Å². The predicted molar refractivity (Wildman–Crippen MR) is 108 cm³/mol. The third kappa shape index (κ3) is 5.28. The van der Waals surface area contributed by atoms with E-state index in [0.717, 1.165) is 0 Å². The molecule has 1 aliphatic rings. The molecule has 1 aliphatic heterocycles. The molecule has 180 valence electrons. The van der Waals surface area contributed by atoms with Gasteiger partial charge < -0.3 is 39.9 Å². The maximum atomic E-state index is 12.2. The number of nitrogens with zero attached hydrogens (tertiary/aromatic N) is 5. The topological polar surface area (TPSA) is 236 Å². The van der Waals surface area contributed by atoms with Gasteiger partial charge in [-0.15, -0.1) is 0 Å². The molecule has 3 heterocycles. The van der Waals surface area contributed by atoms with Crippen LogP contribution < -0.4 is 5.73 Å². The van der Waals surface area contributed by atoms with Crippen LogP contribution in [0.1, 0.15) is 32.8 Å². The van der Waals surface area contributed by atoms with E-state index in [1.807, 2.05) is 0 Å². The highest BCUT2D eigenvalue weighted by atomic mass is 31.2. The first-order chi connectivity index (χ1) is 15.2. The maximum absolute atomic E-state index is 12.2. The van der Waals surface area contributed by atoms with Crippen LogP contribution in [0.4, 0.5) is 5.82 Å². The Kier molecular flexibility index (Phi) is 6.74. The average molecular weight is 486 g/mol. The Morgan fingerprint density at radius 1 is 1.36 bits per heavy atom. The molecule has 15 nitrogen and oxygen atoms in total. The fourth-order valence-corrected chi connectivity index (χ4v) is 3.72. The number of imidazole rings is 1. The zero-order valence-electron chi connectivity index (χ0n) is 17.8. The summed E-state index contributed by atoms with van der Waals surface area (Å²) in [5, 5.41) is 29.9. The number of aromatic nitrogens is 4. The quantitative estimate of drug-likeness (QED) is 0.237. The minimum Gasteiger partial charge on any atom is -0.458 e. The van der Waals surface area contributed by atoms with Crippen LogP contribution in [0.2, 0.25) is 0 Å². The highest BCUT2D eigenvalue weighted by Gasteiger charge is 2.47. The number of nitriles is 1. The fourth-order valence-electron chi connectivity index (χ4n) is 3.11. The summed E-state index contributed by atoms with van der Waals surface area (Å²) in [5.74, 6) is -3.89. The molecule has 1 unspecified atom stereocenters. The Balaban J connectivity index is 1.80. The number of aliphatic hydroxyl groups is 2. The first kappa shape index (κ1) is 24.9. The van der Waals surface area contributed by atoms with E-state index in [-0.39, 0.29) is 22.8 Å².